The summed E-state index contributed by atoms with van der Waals surface area (Å²) in [7, 11) is 0. The van der Waals surface area contributed by atoms with Crippen LogP contribution in [0.15, 0.2) is 41.8 Å². The van der Waals surface area contributed by atoms with E-state index in [-0.39, 0.29) is 17.3 Å². The number of hydrogen-bond acceptors (Lipinski definition) is 5. The van der Waals surface area contributed by atoms with Gasteiger partial charge >= 0.3 is 0 Å². The molecule has 0 amide bonds. The summed E-state index contributed by atoms with van der Waals surface area (Å²) in [5.41, 5.74) is 1.26. The molecule has 0 radical (unpaired) electrons. The first-order chi connectivity index (χ1) is 8.66. The summed E-state index contributed by atoms with van der Waals surface area (Å²) in [5, 5.41) is 10.3. The summed E-state index contributed by atoms with van der Waals surface area (Å²) in [6.45, 7) is 1.86. The molecule has 18 heavy (non-hydrogen) atoms. The molecule has 1 aromatic heterocycles. The Kier molecular flexibility index (Phi) is 3.94. The lowest BCUT2D eigenvalue weighted by Crippen LogP contribution is -2.03. The molecule has 1 N–H and O–H groups in total. The number of thioether (sulfide) groups is 1. The van der Waals surface area contributed by atoms with E-state index in [1.54, 1.807) is 36.7 Å². The summed E-state index contributed by atoms with van der Waals surface area (Å²) in [5.74, 6) is 0.0974. The fourth-order valence-electron chi connectivity index (χ4n) is 1.45. The Balaban J connectivity index is 2.04. The lowest BCUT2D eigenvalue weighted by molar-refractivity contribution is 0.102. The second kappa shape index (κ2) is 5.64. The van der Waals surface area contributed by atoms with Crippen molar-refractivity contribution in [3.63, 3.8) is 0 Å². The molecule has 0 saturated heterocycles. The van der Waals surface area contributed by atoms with E-state index in [0.717, 1.165) is 5.56 Å². The van der Waals surface area contributed by atoms with Crippen LogP contribution in [0, 0.1) is 6.92 Å². The van der Waals surface area contributed by atoms with Gasteiger partial charge in [0.2, 0.25) is 0 Å². The van der Waals surface area contributed by atoms with Crippen molar-refractivity contribution >= 4 is 17.5 Å². The zero-order valence-corrected chi connectivity index (χ0v) is 10.6. The number of aryl methyl sites for hydroxylation is 1. The van der Waals surface area contributed by atoms with Gasteiger partial charge < -0.3 is 5.11 Å². The zero-order valence-electron chi connectivity index (χ0n) is 9.83. The molecule has 0 unspecified atom stereocenters. The van der Waals surface area contributed by atoms with E-state index in [9.17, 15) is 9.90 Å². The third kappa shape index (κ3) is 3.07. The summed E-state index contributed by atoms with van der Waals surface area (Å²) in [4.78, 5) is 19.9. The van der Waals surface area contributed by atoms with Crippen LogP contribution in [-0.4, -0.2) is 26.6 Å². The number of aromatic hydroxyl groups is 1. The normalized spacial score (nSPS) is 10.3. The molecule has 5 heteroatoms. The average Bonchev–Trinajstić information content (AvgIpc) is 2.37. The third-order valence-electron chi connectivity index (χ3n) is 2.33. The SMILES string of the molecule is Cc1ccc(C(=O)CSc2ncccn2)c(O)c1. The van der Waals surface area contributed by atoms with Crippen LogP contribution >= 0.6 is 11.8 Å². The van der Waals surface area contributed by atoms with E-state index in [4.69, 9.17) is 0 Å². The van der Waals surface area contributed by atoms with Gasteiger partial charge in [-0.15, -0.1) is 0 Å². The van der Waals surface area contributed by atoms with Crippen molar-refractivity contribution in [2.24, 2.45) is 0 Å². The number of ketones is 1. The van der Waals surface area contributed by atoms with Gasteiger partial charge in [0, 0.05) is 12.4 Å². The molecule has 2 aromatic rings. The summed E-state index contributed by atoms with van der Waals surface area (Å²) in [6, 6.07) is 6.74. The molecule has 0 atom stereocenters. The summed E-state index contributed by atoms with van der Waals surface area (Å²) >= 11 is 1.25. The van der Waals surface area contributed by atoms with E-state index in [1.807, 2.05) is 6.92 Å². The number of phenolic OH excluding ortho intramolecular Hbond substituents is 1. The second-order valence-electron chi connectivity index (χ2n) is 3.76. The molecule has 0 aliphatic heterocycles. The highest BCUT2D eigenvalue weighted by Crippen LogP contribution is 2.21. The maximum absolute atomic E-state index is 11.9. The van der Waals surface area contributed by atoms with Gasteiger partial charge in [0.25, 0.3) is 0 Å². The number of nitrogens with zero attached hydrogens (tertiary/aromatic N) is 2. The van der Waals surface area contributed by atoms with Crippen molar-refractivity contribution < 1.29 is 9.90 Å². The highest BCUT2D eigenvalue weighted by atomic mass is 32.2. The van der Waals surface area contributed by atoms with Gasteiger partial charge in [-0.1, -0.05) is 17.8 Å². The van der Waals surface area contributed by atoms with Gasteiger partial charge in [-0.25, -0.2) is 9.97 Å². The first-order valence-corrected chi connectivity index (χ1v) is 6.38. The Labute approximate surface area is 109 Å². The molecule has 0 aliphatic rings. The smallest absolute Gasteiger partial charge is 0.187 e. The largest absolute Gasteiger partial charge is 0.507 e. The van der Waals surface area contributed by atoms with Crippen molar-refractivity contribution in [1.29, 1.82) is 0 Å². The summed E-state index contributed by atoms with van der Waals surface area (Å²) in [6.07, 6.45) is 3.26. The molecule has 0 spiro atoms. The van der Waals surface area contributed by atoms with Crippen LogP contribution in [0.1, 0.15) is 15.9 Å². The van der Waals surface area contributed by atoms with Crippen LogP contribution in [-0.2, 0) is 0 Å². The Morgan fingerprint density at radius 2 is 2.06 bits per heavy atom. The average molecular weight is 260 g/mol. The maximum Gasteiger partial charge on any atom is 0.187 e. The molecule has 2 rings (SSSR count). The predicted octanol–water partition coefficient (Wildman–Crippen LogP) is 2.47. The number of aromatic nitrogens is 2. The highest BCUT2D eigenvalue weighted by molar-refractivity contribution is 7.99. The third-order valence-corrected chi connectivity index (χ3v) is 3.20. The Hall–Kier alpha value is -1.88. The van der Waals surface area contributed by atoms with Crippen LogP contribution in [0.2, 0.25) is 0 Å². The number of Topliss-reactive ketones (excluding diaryl/α,β-unsaturated/α-hetero) is 1. The topological polar surface area (TPSA) is 63.1 Å². The highest BCUT2D eigenvalue weighted by Gasteiger charge is 2.12. The molecule has 0 saturated carbocycles. The fraction of sp³-hybridized carbons (Fsp3) is 0.154. The van der Waals surface area contributed by atoms with Crippen molar-refractivity contribution in [3.05, 3.63) is 47.8 Å². The Morgan fingerprint density at radius 3 is 2.72 bits per heavy atom. The Bertz CT molecular complexity index is 558. The van der Waals surface area contributed by atoms with Crippen LogP contribution in [0.3, 0.4) is 0 Å². The summed E-state index contributed by atoms with van der Waals surface area (Å²) < 4.78 is 0. The molecular formula is C13H12N2O2S. The van der Waals surface area contributed by atoms with Crippen LogP contribution in [0.25, 0.3) is 0 Å². The number of phenols is 1. The number of hydrogen-bond donors (Lipinski definition) is 1. The number of benzene rings is 1. The van der Waals surface area contributed by atoms with Crippen LogP contribution in [0.5, 0.6) is 5.75 Å². The molecule has 1 heterocycles. The van der Waals surface area contributed by atoms with Gasteiger partial charge in [-0.3, -0.25) is 4.79 Å². The standard InChI is InChI=1S/C13H12N2O2S/c1-9-3-4-10(11(16)7-9)12(17)8-18-13-14-5-2-6-15-13/h2-7,16H,8H2,1H3. The number of rotatable bonds is 4. The Morgan fingerprint density at radius 1 is 1.33 bits per heavy atom. The molecule has 0 aliphatic carbocycles. The van der Waals surface area contributed by atoms with Gasteiger partial charge in [0.1, 0.15) is 5.75 Å². The number of carbonyl (C=O) groups excluding carboxylic acids is 1. The van der Waals surface area contributed by atoms with Crippen molar-refractivity contribution in [1.82, 2.24) is 9.97 Å². The van der Waals surface area contributed by atoms with Crippen LogP contribution in [0.4, 0.5) is 0 Å². The van der Waals surface area contributed by atoms with E-state index in [2.05, 4.69) is 9.97 Å². The molecule has 4 nitrogen and oxygen atoms in total. The lowest BCUT2D eigenvalue weighted by Gasteiger charge is -2.04. The van der Waals surface area contributed by atoms with E-state index >= 15 is 0 Å². The molecule has 0 bridgehead atoms. The fourth-order valence-corrected chi connectivity index (χ4v) is 2.13. The van der Waals surface area contributed by atoms with Gasteiger partial charge in [-0.05, 0) is 30.7 Å². The van der Waals surface area contributed by atoms with Gasteiger partial charge in [0.15, 0.2) is 10.9 Å². The minimum atomic E-state index is -0.134. The van der Waals surface area contributed by atoms with E-state index in [0.29, 0.717) is 10.7 Å². The van der Waals surface area contributed by atoms with E-state index in [1.165, 1.54) is 11.8 Å². The van der Waals surface area contributed by atoms with Gasteiger partial charge in [-0.2, -0.15) is 0 Å². The van der Waals surface area contributed by atoms with Crippen molar-refractivity contribution in [3.8, 4) is 5.75 Å². The monoisotopic (exact) mass is 260 g/mol. The second-order valence-corrected chi connectivity index (χ2v) is 4.71. The quantitative estimate of drug-likeness (QED) is 0.520. The minimum Gasteiger partial charge on any atom is -0.507 e. The molecule has 92 valence electrons. The van der Waals surface area contributed by atoms with Crippen molar-refractivity contribution in [2.75, 3.05) is 5.75 Å². The van der Waals surface area contributed by atoms with Crippen molar-refractivity contribution in [2.45, 2.75) is 12.1 Å². The zero-order chi connectivity index (χ0) is 13.0. The predicted molar refractivity (Wildman–Crippen MR) is 69.9 cm³/mol. The number of carbonyl (C=O) groups is 1. The van der Waals surface area contributed by atoms with E-state index < -0.39 is 0 Å². The maximum atomic E-state index is 11.9. The van der Waals surface area contributed by atoms with Gasteiger partial charge in [0.05, 0.1) is 11.3 Å². The molecule has 1 aromatic carbocycles. The molecule has 0 fully saturated rings. The van der Waals surface area contributed by atoms with Crippen LogP contribution < -0.4 is 0 Å². The minimum absolute atomic E-state index is 0.0228. The molecular weight excluding hydrogens is 248 g/mol. The lowest BCUT2D eigenvalue weighted by atomic mass is 10.1. The first-order valence-electron chi connectivity index (χ1n) is 5.39. The first kappa shape index (κ1) is 12.6.